The second-order valence-corrected chi connectivity index (χ2v) is 5.45. The van der Waals surface area contributed by atoms with E-state index in [2.05, 4.69) is 39.0 Å². The zero-order valence-electron chi connectivity index (χ0n) is 8.62. The van der Waals surface area contributed by atoms with Crippen LogP contribution in [0.4, 0.5) is 5.69 Å². The molecule has 3 heteroatoms. The highest BCUT2D eigenvalue weighted by Gasteiger charge is 2.35. The van der Waals surface area contributed by atoms with E-state index >= 15 is 0 Å². The van der Waals surface area contributed by atoms with Crippen molar-refractivity contribution in [2.75, 3.05) is 4.90 Å². The number of benzene rings is 1. The van der Waals surface area contributed by atoms with Crippen molar-refractivity contribution in [3.8, 4) is 0 Å². The normalized spacial score (nSPS) is 28.8. The van der Waals surface area contributed by atoms with Crippen molar-refractivity contribution < 1.29 is 0 Å². The third-order valence-electron chi connectivity index (χ3n) is 3.56. The van der Waals surface area contributed by atoms with Gasteiger partial charge in [-0.15, -0.1) is 0 Å². The van der Waals surface area contributed by atoms with Crippen LogP contribution in [0.1, 0.15) is 24.8 Å². The molecule has 2 N–H and O–H groups in total. The lowest BCUT2D eigenvalue weighted by Crippen LogP contribution is -2.49. The average molecular weight is 267 g/mol. The van der Waals surface area contributed by atoms with Gasteiger partial charge in [-0.3, -0.25) is 0 Å². The molecule has 3 rings (SSSR count). The molecule has 2 heterocycles. The molecule has 0 amide bonds. The maximum Gasteiger partial charge on any atom is 0.0774 e. The van der Waals surface area contributed by atoms with E-state index in [1.54, 1.807) is 0 Å². The molecule has 0 spiro atoms. The molecule has 2 nitrogen and oxygen atoms in total. The number of piperidine rings is 1. The Hall–Kier alpha value is -0.540. The van der Waals surface area contributed by atoms with Crippen molar-refractivity contribution in [1.82, 2.24) is 0 Å². The first kappa shape index (κ1) is 9.67. The summed E-state index contributed by atoms with van der Waals surface area (Å²) in [5.41, 5.74) is 8.99. The van der Waals surface area contributed by atoms with Crippen LogP contribution in [0.3, 0.4) is 0 Å². The van der Waals surface area contributed by atoms with Gasteiger partial charge in [0.1, 0.15) is 0 Å². The van der Waals surface area contributed by atoms with Gasteiger partial charge < -0.3 is 10.6 Å². The van der Waals surface area contributed by atoms with Crippen LogP contribution in [0.2, 0.25) is 0 Å². The van der Waals surface area contributed by atoms with Crippen LogP contribution < -0.4 is 10.6 Å². The Bertz CT molecular complexity index is 391. The number of nitrogens with two attached hydrogens (primary N) is 1. The molecule has 0 aromatic heterocycles. The summed E-state index contributed by atoms with van der Waals surface area (Å²) in [6.45, 7) is 0. The first-order valence-electron chi connectivity index (χ1n) is 5.58. The van der Waals surface area contributed by atoms with Gasteiger partial charge in [-0.25, -0.2) is 0 Å². The van der Waals surface area contributed by atoms with Gasteiger partial charge in [0.2, 0.25) is 0 Å². The quantitative estimate of drug-likeness (QED) is 0.783. The van der Waals surface area contributed by atoms with Crippen LogP contribution in [-0.4, -0.2) is 12.2 Å². The zero-order chi connectivity index (χ0) is 10.4. The lowest BCUT2D eigenvalue weighted by molar-refractivity contribution is 0.401. The van der Waals surface area contributed by atoms with Crippen LogP contribution in [0.25, 0.3) is 0 Å². The Labute approximate surface area is 98.6 Å². The molecule has 2 aliphatic heterocycles. The fourth-order valence-corrected chi connectivity index (χ4v) is 3.32. The average Bonchev–Trinajstić information content (AvgIpc) is 2.56. The molecule has 1 saturated heterocycles. The molecule has 1 fully saturated rings. The van der Waals surface area contributed by atoms with Crippen molar-refractivity contribution in [1.29, 1.82) is 0 Å². The number of halogens is 1. The zero-order valence-corrected chi connectivity index (χ0v) is 10.2. The van der Waals surface area contributed by atoms with Gasteiger partial charge in [-0.1, -0.05) is 15.9 Å². The fourth-order valence-electron chi connectivity index (χ4n) is 2.91. The minimum Gasteiger partial charge on any atom is -0.353 e. The van der Waals surface area contributed by atoms with E-state index in [1.165, 1.54) is 35.0 Å². The number of fused-ring (bicyclic) bond motifs is 3. The smallest absolute Gasteiger partial charge is 0.0774 e. The summed E-state index contributed by atoms with van der Waals surface area (Å²) in [6.07, 6.45) is 5.09. The summed E-state index contributed by atoms with van der Waals surface area (Å²) >= 11 is 3.53. The minimum atomic E-state index is 0.228. The van der Waals surface area contributed by atoms with E-state index in [9.17, 15) is 0 Å². The van der Waals surface area contributed by atoms with Crippen molar-refractivity contribution in [2.45, 2.75) is 37.9 Å². The molecule has 1 aromatic carbocycles. The molecular weight excluding hydrogens is 252 g/mol. The third kappa shape index (κ3) is 1.49. The molecule has 0 bridgehead atoms. The highest BCUT2D eigenvalue weighted by molar-refractivity contribution is 9.10. The molecule has 0 radical (unpaired) electrons. The summed E-state index contributed by atoms with van der Waals surface area (Å²) in [5.74, 6) is 0. The molecule has 80 valence electrons. The number of anilines is 1. The van der Waals surface area contributed by atoms with Gasteiger partial charge in [0.15, 0.2) is 0 Å². The standard InChI is InChI=1S/C12H15BrN2/c13-9-4-5-11-8(6-9)7-10-2-1-3-12(14)15(10)11/h4-6,10,12H,1-3,7,14H2. The van der Waals surface area contributed by atoms with Gasteiger partial charge in [0, 0.05) is 16.2 Å². The highest BCUT2D eigenvalue weighted by atomic mass is 79.9. The first-order valence-corrected chi connectivity index (χ1v) is 6.37. The maximum absolute atomic E-state index is 6.19. The second kappa shape index (κ2) is 3.49. The maximum atomic E-state index is 6.19. The van der Waals surface area contributed by atoms with Crippen LogP contribution in [0.5, 0.6) is 0 Å². The summed E-state index contributed by atoms with van der Waals surface area (Å²) in [5, 5.41) is 0. The van der Waals surface area contributed by atoms with E-state index in [-0.39, 0.29) is 6.17 Å². The predicted octanol–water partition coefficient (Wildman–Crippen LogP) is 2.65. The van der Waals surface area contributed by atoms with Crippen molar-refractivity contribution in [3.05, 3.63) is 28.2 Å². The van der Waals surface area contributed by atoms with Gasteiger partial charge >= 0.3 is 0 Å². The molecular formula is C12H15BrN2. The number of nitrogens with zero attached hydrogens (tertiary/aromatic N) is 1. The number of hydrogen-bond donors (Lipinski definition) is 1. The number of hydrogen-bond acceptors (Lipinski definition) is 2. The number of rotatable bonds is 0. The minimum absolute atomic E-state index is 0.228. The molecule has 15 heavy (non-hydrogen) atoms. The van der Waals surface area contributed by atoms with Crippen LogP contribution in [0.15, 0.2) is 22.7 Å². The van der Waals surface area contributed by atoms with Gasteiger partial charge in [-0.2, -0.15) is 0 Å². The van der Waals surface area contributed by atoms with E-state index in [0.29, 0.717) is 6.04 Å². The molecule has 1 aromatic rings. The SMILES string of the molecule is NC1CCCC2Cc3cc(Br)ccc3N12. The summed E-state index contributed by atoms with van der Waals surface area (Å²) in [6, 6.07) is 7.20. The fraction of sp³-hybridized carbons (Fsp3) is 0.500. The van der Waals surface area contributed by atoms with Gasteiger partial charge in [-0.05, 0) is 49.4 Å². The van der Waals surface area contributed by atoms with E-state index in [0.717, 1.165) is 6.42 Å². The second-order valence-electron chi connectivity index (χ2n) is 4.54. The Kier molecular flexibility index (Phi) is 2.25. The molecule has 0 aliphatic carbocycles. The van der Waals surface area contributed by atoms with Crippen molar-refractivity contribution in [3.63, 3.8) is 0 Å². The Morgan fingerprint density at radius 1 is 1.33 bits per heavy atom. The summed E-state index contributed by atoms with van der Waals surface area (Å²) in [7, 11) is 0. The van der Waals surface area contributed by atoms with E-state index in [4.69, 9.17) is 5.73 Å². The molecule has 2 aliphatic rings. The topological polar surface area (TPSA) is 29.3 Å². The van der Waals surface area contributed by atoms with E-state index < -0.39 is 0 Å². The Morgan fingerprint density at radius 2 is 2.20 bits per heavy atom. The van der Waals surface area contributed by atoms with Gasteiger partial charge in [0.05, 0.1) is 6.17 Å². The lowest BCUT2D eigenvalue weighted by atomic mass is 10.00. The predicted molar refractivity (Wildman–Crippen MR) is 65.9 cm³/mol. The Morgan fingerprint density at radius 3 is 3.07 bits per heavy atom. The van der Waals surface area contributed by atoms with Crippen molar-refractivity contribution >= 4 is 21.6 Å². The summed E-state index contributed by atoms with van der Waals surface area (Å²) < 4.78 is 1.18. The molecule has 2 unspecified atom stereocenters. The van der Waals surface area contributed by atoms with Crippen LogP contribution >= 0.6 is 15.9 Å². The first-order chi connectivity index (χ1) is 7.25. The van der Waals surface area contributed by atoms with Crippen LogP contribution in [0, 0.1) is 0 Å². The molecule has 2 atom stereocenters. The van der Waals surface area contributed by atoms with Crippen LogP contribution in [-0.2, 0) is 6.42 Å². The summed E-state index contributed by atoms with van der Waals surface area (Å²) in [4.78, 5) is 2.42. The van der Waals surface area contributed by atoms with Crippen molar-refractivity contribution in [2.24, 2.45) is 5.73 Å². The lowest BCUT2D eigenvalue weighted by Gasteiger charge is -2.37. The third-order valence-corrected chi connectivity index (χ3v) is 4.06. The largest absolute Gasteiger partial charge is 0.353 e. The Balaban J connectivity index is 2.03. The highest BCUT2D eigenvalue weighted by Crippen LogP contribution is 2.39. The molecule has 0 saturated carbocycles. The van der Waals surface area contributed by atoms with Gasteiger partial charge in [0.25, 0.3) is 0 Å². The monoisotopic (exact) mass is 266 g/mol. The van der Waals surface area contributed by atoms with E-state index in [1.807, 2.05) is 0 Å².